The third-order valence-corrected chi connectivity index (χ3v) is 3.69. The van der Waals surface area contributed by atoms with Crippen LogP contribution in [0.5, 0.6) is 0 Å². The van der Waals surface area contributed by atoms with Crippen LogP contribution < -0.4 is 9.62 Å². The van der Waals surface area contributed by atoms with Gasteiger partial charge in [0.1, 0.15) is 0 Å². The van der Waals surface area contributed by atoms with Gasteiger partial charge in [0.2, 0.25) is 0 Å². The first kappa shape index (κ1) is 12.4. The highest BCUT2D eigenvalue weighted by Gasteiger charge is 2.15. The highest BCUT2D eigenvalue weighted by molar-refractivity contribution is 7.92. The molecule has 0 spiro atoms. The third kappa shape index (κ3) is 2.62. The minimum absolute atomic E-state index is 0.0396. The maximum Gasteiger partial charge on any atom is 0.278 e. The fraction of sp³-hybridized carbons (Fsp3) is 0.182. The summed E-state index contributed by atoms with van der Waals surface area (Å²) in [7, 11) is 0.184. The SMILES string of the molecule is CN(C)c1cccc(NS(=O)(=O)c2ccn[nH]2)c1. The van der Waals surface area contributed by atoms with Crippen molar-refractivity contribution in [3.63, 3.8) is 0 Å². The normalized spacial score (nSPS) is 11.2. The zero-order chi connectivity index (χ0) is 13.2. The monoisotopic (exact) mass is 266 g/mol. The molecule has 0 radical (unpaired) electrons. The predicted octanol–water partition coefficient (Wildman–Crippen LogP) is 1.28. The number of hydrogen-bond acceptors (Lipinski definition) is 4. The number of aromatic nitrogens is 2. The highest BCUT2D eigenvalue weighted by Crippen LogP contribution is 2.19. The van der Waals surface area contributed by atoms with Crippen LogP contribution >= 0.6 is 0 Å². The molecular weight excluding hydrogens is 252 g/mol. The number of H-pyrrole nitrogens is 1. The molecule has 0 bridgehead atoms. The molecule has 0 aliphatic rings. The number of nitrogens with zero attached hydrogens (tertiary/aromatic N) is 2. The fourth-order valence-electron chi connectivity index (χ4n) is 1.45. The predicted molar refractivity (Wildman–Crippen MR) is 70.2 cm³/mol. The lowest BCUT2D eigenvalue weighted by molar-refractivity contribution is 0.597. The Bertz CT molecular complexity index is 620. The van der Waals surface area contributed by atoms with Crippen molar-refractivity contribution in [3.8, 4) is 0 Å². The number of hydrogen-bond donors (Lipinski definition) is 2. The van der Waals surface area contributed by atoms with E-state index < -0.39 is 10.0 Å². The maximum absolute atomic E-state index is 11.9. The zero-order valence-corrected chi connectivity index (χ0v) is 10.9. The average Bonchev–Trinajstić information content (AvgIpc) is 2.82. The Hall–Kier alpha value is -2.02. The van der Waals surface area contributed by atoms with E-state index in [2.05, 4.69) is 14.9 Å². The molecule has 1 aromatic carbocycles. The number of benzene rings is 1. The Labute approximate surface area is 106 Å². The summed E-state index contributed by atoms with van der Waals surface area (Å²) in [5, 5.41) is 6.09. The number of sulfonamides is 1. The Balaban J connectivity index is 2.27. The van der Waals surface area contributed by atoms with Crippen molar-refractivity contribution in [2.24, 2.45) is 0 Å². The van der Waals surface area contributed by atoms with Gasteiger partial charge in [0.15, 0.2) is 5.03 Å². The second kappa shape index (κ2) is 4.69. The van der Waals surface area contributed by atoms with Gasteiger partial charge >= 0.3 is 0 Å². The average molecular weight is 266 g/mol. The van der Waals surface area contributed by atoms with Gasteiger partial charge in [-0.05, 0) is 24.3 Å². The molecule has 2 rings (SSSR count). The van der Waals surface area contributed by atoms with Gasteiger partial charge in [-0.25, -0.2) is 0 Å². The first-order chi connectivity index (χ1) is 8.49. The molecule has 0 atom stereocenters. The summed E-state index contributed by atoms with van der Waals surface area (Å²) in [4.78, 5) is 1.90. The van der Waals surface area contributed by atoms with Gasteiger partial charge in [-0.3, -0.25) is 9.82 Å². The lowest BCUT2D eigenvalue weighted by Crippen LogP contribution is -2.14. The van der Waals surface area contributed by atoms with E-state index in [0.29, 0.717) is 5.69 Å². The molecule has 0 saturated carbocycles. The van der Waals surface area contributed by atoms with Crippen molar-refractivity contribution in [1.82, 2.24) is 10.2 Å². The first-order valence-corrected chi connectivity index (χ1v) is 6.77. The topological polar surface area (TPSA) is 78.1 Å². The number of rotatable bonds is 4. The third-order valence-electron chi connectivity index (χ3n) is 2.38. The van der Waals surface area contributed by atoms with Gasteiger partial charge in [-0.15, -0.1) is 0 Å². The van der Waals surface area contributed by atoms with Gasteiger partial charge in [-0.2, -0.15) is 13.5 Å². The van der Waals surface area contributed by atoms with Crippen LogP contribution in [0.1, 0.15) is 0 Å². The van der Waals surface area contributed by atoms with E-state index in [1.165, 1.54) is 12.3 Å². The molecule has 6 nitrogen and oxygen atoms in total. The summed E-state index contributed by atoms with van der Waals surface area (Å²) < 4.78 is 26.4. The van der Waals surface area contributed by atoms with Crippen molar-refractivity contribution >= 4 is 21.4 Å². The van der Waals surface area contributed by atoms with Gasteiger partial charge < -0.3 is 4.90 Å². The standard InChI is InChI=1S/C11H14N4O2S/c1-15(2)10-5-3-4-9(8-10)14-18(16,17)11-6-7-12-13-11/h3-8,14H,1-2H3,(H,12,13). The second-order valence-corrected chi connectivity index (χ2v) is 5.62. The van der Waals surface area contributed by atoms with Crippen molar-refractivity contribution in [2.75, 3.05) is 23.7 Å². The number of nitrogens with one attached hydrogen (secondary N) is 2. The van der Waals surface area contributed by atoms with E-state index in [1.807, 2.05) is 25.1 Å². The maximum atomic E-state index is 11.9. The van der Waals surface area contributed by atoms with E-state index in [1.54, 1.807) is 18.2 Å². The van der Waals surface area contributed by atoms with E-state index in [4.69, 9.17) is 0 Å². The Morgan fingerprint density at radius 2 is 2.06 bits per heavy atom. The summed E-state index contributed by atoms with van der Waals surface area (Å²) in [6.07, 6.45) is 1.39. The lowest BCUT2D eigenvalue weighted by Gasteiger charge is -2.14. The van der Waals surface area contributed by atoms with Crippen molar-refractivity contribution < 1.29 is 8.42 Å². The van der Waals surface area contributed by atoms with Gasteiger partial charge in [0.25, 0.3) is 10.0 Å². The molecule has 2 aromatic rings. The van der Waals surface area contributed by atoms with Crippen LogP contribution in [-0.4, -0.2) is 32.7 Å². The second-order valence-electron chi connectivity index (χ2n) is 3.97. The van der Waals surface area contributed by atoms with Gasteiger partial charge in [0, 0.05) is 19.8 Å². The fourth-order valence-corrected chi connectivity index (χ4v) is 2.41. The molecular formula is C11H14N4O2S. The molecule has 1 heterocycles. The van der Waals surface area contributed by atoms with E-state index in [0.717, 1.165) is 5.69 Å². The van der Waals surface area contributed by atoms with Crippen molar-refractivity contribution in [3.05, 3.63) is 36.5 Å². The van der Waals surface area contributed by atoms with E-state index in [9.17, 15) is 8.42 Å². The molecule has 0 saturated heterocycles. The van der Waals surface area contributed by atoms with Crippen LogP contribution in [0, 0.1) is 0 Å². The Morgan fingerprint density at radius 3 is 2.67 bits per heavy atom. The quantitative estimate of drug-likeness (QED) is 0.873. The van der Waals surface area contributed by atoms with Gasteiger partial charge in [0.05, 0.1) is 11.9 Å². The summed E-state index contributed by atoms with van der Waals surface area (Å²) in [6.45, 7) is 0. The van der Waals surface area contributed by atoms with Crippen molar-refractivity contribution in [1.29, 1.82) is 0 Å². The molecule has 0 aliphatic heterocycles. The molecule has 0 aliphatic carbocycles. The smallest absolute Gasteiger partial charge is 0.278 e. The summed E-state index contributed by atoms with van der Waals surface area (Å²) >= 11 is 0. The first-order valence-electron chi connectivity index (χ1n) is 5.28. The molecule has 2 N–H and O–H groups in total. The summed E-state index contributed by atoms with van der Waals surface area (Å²) in [6, 6.07) is 8.54. The largest absolute Gasteiger partial charge is 0.378 e. The zero-order valence-electron chi connectivity index (χ0n) is 10.1. The minimum atomic E-state index is -3.60. The molecule has 96 valence electrons. The van der Waals surface area contributed by atoms with Crippen LogP contribution in [0.2, 0.25) is 0 Å². The van der Waals surface area contributed by atoms with Crippen LogP contribution in [0.4, 0.5) is 11.4 Å². The van der Waals surface area contributed by atoms with Crippen LogP contribution in [-0.2, 0) is 10.0 Å². The van der Waals surface area contributed by atoms with Crippen LogP contribution in [0.3, 0.4) is 0 Å². The van der Waals surface area contributed by atoms with Crippen molar-refractivity contribution in [2.45, 2.75) is 5.03 Å². The van der Waals surface area contributed by atoms with E-state index >= 15 is 0 Å². The minimum Gasteiger partial charge on any atom is -0.378 e. The van der Waals surface area contributed by atoms with E-state index in [-0.39, 0.29) is 5.03 Å². The lowest BCUT2D eigenvalue weighted by atomic mass is 10.3. The highest BCUT2D eigenvalue weighted by atomic mass is 32.2. The number of aromatic amines is 1. The van der Waals surface area contributed by atoms with Gasteiger partial charge in [-0.1, -0.05) is 6.07 Å². The Morgan fingerprint density at radius 1 is 1.28 bits per heavy atom. The molecule has 1 aromatic heterocycles. The Kier molecular flexibility index (Phi) is 3.24. The van der Waals surface area contributed by atoms with Crippen LogP contribution in [0.15, 0.2) is 41.6 Å². The molecule has 0 fully saturated rings. The summed E-state index contributed by atoms with van der Waals surface area (Å²) in [5.74, 6) is 0. The molecule has 18 heavy (non-hydrogen) atoms. The summed E-state index contributed by atoms with van der Waals surface area (Å²) in [5.41, 5.74) is 1.43. The molecule has 0 unspecified atom stereocenters. The molecule has 7 heteroatoms. The molecule has 0 amide bonds. The number of anilines is 2. The van der Waals surface area contributed by atoms with Crippen LogP contribution in [0.25, 0.3) is 0 Å².